The van der Waals surface area contributed by atoms with Crippen molar-refractivity contribution in [3.8, 4) is 0 Å². The second kappa shape index (κ2) is 8.44. The van der Waals surface area contributed by atoms with E-state index in [0.29, 0.717) is 12.8 Å². The maximum absolute atomic E-state index is 11.6. The number of aliphatic hydroxyl groups excluding tert-OH is 5. The summed E-state index contributed by atoms with van der Waals surface area (Å²) in [6, 6.07) is 8.03. The fourth-order valence-electron chi connectivity index (χ4n) is 9.75. The van der Waals surface area contributed by atoms with E-state index in [-0.39, 0.29) is 30.3 Å². The number of allylic oxidation sites excluding steroid dienone is 1. The van der Waals surface area contributed by atoms with E-state index in [2.05, 4.69) is 42.3 Å². The first-order valence-electron chi connectivity index (χ1n) is 14.8. The summed E-state index contributed by atoms with van der Waals surface area (Å²) in [7, 11) is 0. The number of fused-ring (bicyclic) bond motifs is 2. The zero-order chi connectivity index (χ0) is 27.6. The first kappa shape index (κ1) is 25.5. The molecular weight excluding hydrogens is 508 g/mol. The van der Waals surface area contributed by atoms with Gasteiger partial charge in [-0.1, -0.05) is 31.2 Å². The first-order chi connectivity index (χ1) is 19.2. The Balaban J connectivity index is 1.17. The minimum Gasteiger partial charge on any atom is -0.392 e. The molecular formula is C32H38N2O6. The van der Waals surface area contributed by atoms with Crippen molar-refractivity contribution in [1.29, 1.82) is 0 Å². The van der Waals surface area contributed by atoms with Crippen LogP contribution in [0, 0.1) is 11.3 Å². The summed E-state index contributed by atoms with van der Waals surface area (Å²) in [4.78, 5) is 6.21. The van der Waals surface area contributed by atoms with E-state index in [1.54, 1.807) is 6.20 Å². The molecule has 4 heterocycles. The summed E-state index contributed by atoms with van der Waals surface area (Å²) in [5, 5.41) is 56.8. The summed E-state index contributed by atoms with van der Waals surface area (Å²) in [6.07, 6.45) is 7.15. The molecule has 3 aliphatic heterocycles. The van der Waals surface area contributed by atoms with Gasteiger partial charge in [-0.3, -0.25) is 9.88 Å². The van der Waals surface area contributed by atoms with Crippen molar-refractivity contribution in [1.82, 2.24) is 9.88 Å². The molecule has 8 rings (SSSR count). The maximum Gasteiger partial charge on any atom is 0.105 e. The Hall–Kier alpha value is -2.17. The van der Waals surface area contributed by atoms with Gasteiger partial charge in [0.05, 0.1) is 35.6 Å². The summed E-state index contributed by atoms with van der Waals surface area (Å²) in [5.74, 6) is 0.0542. The molecule has 2 saturated heterocycles. The standard InChI is InChI=1S/C32H38N2O6/c1-30-6-4-20-11-21-28(38)29(39)22(34-15-24(36)25(37)16-34)13-31(21)7-8-32(20,40-31)26(30)12-23(35)27(30)18-3-2-17-5-9-33-14-19(17)10-18/h2-5,9-11,14,22-29,35-39H,6-8,12-13,15-16H2,1H3/t22-,23+,24-,25-,26+,27-,28+,29-,30-,31+,32?/m0/s1. The Kier molecular flexibility index (Phi) is 5.39. The number of nitrogens with zero attached hydrogens (tertiary/aromatic N) is 2. The predicted molar refractivity (Wildman–Crippen MR) is 147 cm³/mol. The van der Waals surface area contributed by atoms with Gasteiger partial charge in [-0.2, -0.15) is 0 Å². The number of hydrogen-bond acceptors (Lipinski definition) is 8. The topological polar surface area (TPSA) is 127 Å². The normalized spacial score (nSPS) is 48.0. The molecule has 8 nitrogen and oxygen atoms in total. The van der Waals surface area contributed by atoms with E-state index < -0.39 is 47.8 Å². The van der Waals surface area contributed by atoms with Gasteiger partial charge in [-0.15, -0.1) is 0 Å². The second-order valence-electron chi connectivity index (χ2n) is 13.6. The number of aliphatic hydroxyl groups is 5. The van der Waals surface area contributed by atoms with E-state index in [1.165, 1.54) is 0 Å². The van der Waals surface area contributed by atoms with Gasteiger partial charge < -0.3 is 30.3 Å². The Morgan fingerprint density at radius 2 is 1.77 bits per heavy atom. The van der Waals surface area contributed by atoms with Gasteiger partial charge in [-0.05, 0) is 71.7 Å². The summed E-state index contributed by atoms with van der Waals surface area (Å²) in [5.41, 5.74) is 1.47. The fourth-order valence-corrected chi connectivity index (χ4v) is 9.75. The second-order valence-corrected chi connectivity index (χ2v) is 13.6. The molecule has 2 aromatic rings. The van der Waals surface area contributed by atoms with Crippen LogP contribution in [0.25, 0.3) is 10.8 Å². The number of rotatable bonds is 2. The molecule has 2 bridgehead atoms. The minimum absolute atomic E-state index is 0.0427. The van der Waals surface area contributed by atoms with Gasteiger partial charge in [0, 0.05) is 48.7 Å². The van der Waals surface area contributed by atoms with Gasteiger partial charge in [0.1, 0.15) is 6.10 Å². The number of benzene rings is 1. The van der Waals surface area contributed by atoms with Crippen molar-refractivity contribution in [3.63, 3.8) is 0 Å². The average Bonchev–Trinajstić information content (AvgIpc) is 3.54. The fraction of sp³-hybridized carbons (Fsp3) is 0.594. The van der Waals surface area contributed by atoms with Crippen molar-refractivity contribution in [2.45, 2.75) is 92.7 Å². The molecule has 2 saturated carbocycles. The summed E-state index contributed by atoms with van der Waals surface area (Å²) < 4.78 is 7.24. The van der Waals surface area contributed by atoms with Crippen LogP contribution in [-0.4, -0.2) is 96.3 Å². The zero-order valence-electron chi connectivity index (χ0n) is 22.7. The van der Waals surface area contributed by atoms with Crippen LogP contribution in [0.4, 0.5) is 0 Å². The smallest absolute Gasteiger partial charge is 0.105 e. The van der Waals surface area contributed by atoms with E-state index >= 15 is 0 Å². The highest BCUT2D eigenvalue weighted by Crippen LogP contribution is 2.69. The predicted octanol–water partition coefficient (Wildman–Crippen LogP) is 1.80. The molecule has 11 atom stereocenters. The van der Waals surface area contributed by atoms with E-state index in [9.17, 15) is 25.5 Å². The molecule has 1 unspecified atom stereocenters. The van der Waals surface area contributed by atoms with Gasteiger partial charge in [0.15, 0.2) is 0 Å². The van der Waals surface area contributed by atoms with Crippen LogP contribution in [0.2, 0.25) is 0 Å². The van der Waals surface area contributed by atoms with Crippen molar-refractivity contribution in [3.05, 3.63) is 65.5 Å². The Morgan fingerprint density at radius 3 is 2.58 bits per heavy atom. The molecule has 212 valence electrons. The SMILES string of the molecule is C[C@]12CC=C3C=C4[C@@H](O)[C@@H](O)[C@@H](N5C[C@H](O)[C@@H](O)C5)C[C@]45CCC3(O5)[C@@H]1C[C@@H](O)[C@@H]2c1ccc2ccncc2c1. The van der Waals surface area contributed by atoms with E-state index in [4.69, 9.17) is 4.74 Å². The number of likely N-dealkylation sites (tertiary alicyclic amines) is 1. The highest BCUT2D eigenvalue weighted by atomic mass is 16.5. The summed E-state index contributed by atoms with van der Waals surface area (Å²) in [6.45, 7) is 2.82. The zero-order valence-corrected chi connectivity index (χ0v) is 22.7. The lowest BCUT2D eigenvalue weighted by atomic mass is 9.58. The lowest BCUT2D eigenvalue weighted by Gasteiger charge is -2.56. The first-order valence-corrected chi connectivity index (χ1v) is 14.8. The largest absolute Gasteiger partial charge is 0.392 e. The Labute approximate surface area is 233 Å². The van der Waals surface area contributed by atoms with Crippen LogP contribution in [0.15, 0.2) is 60.0 Å². The lowest BCUT2D eigenvalue weighted by Crippen LogP contribution is -2.62. The van der Waals surface area contributed by atoms with Gasteiger partial charge in [0.25, 0.3) is 0 Å². The monoisotopic (exact) mass is 546 g/mol. The van der Waals surface area contributed by atoms with Crippen molar-refractivity contribution in [2.75, 3.05) is 13.1 Å². The molecule has 2 spiro atoms. The number of β-amino-alcohol motifs (C(OH)–C–C–N with tert-alkyl or cyclic N) is 2. The molecule has 0 amide bonds. The molecule has 8 heteroatoms. The number of hydrogen-bond donors (Lipinski definition) is 5. The third-order valence-electron chi connectivity index (χ3n) is 11.7. The molecule has 6 aliphatic rings. The number of ether oxygens (including phenoxy) is 1. The number of pyridine rings is 1. The van der Waals surface area contributed by atoms with Gasteiger partial charge in [-0.25, -0.2) is 0 Å². The molecule has 1 aromatic heterocycles. The molecule has 0 radical (unpaired) electrons. The molecule has 40 heavy (non-hydrogen) atoms. The molecule has 3 aliphatic carbocycles. The average molecular weight is 547 g/mol. The van der Waals surface area contributed by atoms with E-state index in [0.717, 1.165) is 46.7 Å². The van der Waals surface area contributed by atoms with Gasteiger partial charge in [0.2, 0.25) is 0 Å². The van der Waals surface area contributed by atoms with Crippen molar-refractivity contribution < 1.29 is 30.3 Å². The maximum atomic E-state index is 11.6. The van der Waals surface area contributed by atoms with Crippen LogP contribution in [0.1, 0.15) is 50.5 Å². The molecule has 1 aromatic carbocycles. The van der Waals surface area contributed by atoms with E-state index in [1.807, 2.05) is 17.2 Å². The van der Waals surface area contributed by atoms with Crippen LogP contribution in [0.3, 0.4) is 0 Å². The lowest BCUT2D eigenvalue weighted by molar-refractivity contribution is -0.167. The van der Waals surface area contributed by atoms with Gasteiger partial charge >= 0.3 is 0 Å². The van der Waals surface area contributed by atoms with Crippen LogP contribution in [-0.2, 0) is 4.74 Å². The highest BCUT2D eigenvalue weighted by Gasteiger charge is 2.69. The molecule has 5 N–H and O–H groups in total. The molecule has 4 fully saturated rings. The third-order valence-corrected chi connectivity index (χ3v) is 11.7. The third kappa shape index (κ3) is 3.24. The highest BCUT2D eigenvalue weighted by molar-refractivity contribution is 5.82. The Morgan fingerprint density at radius 1 is 0.975 bits per heavy atom. The number of aromatic nitrogens is 1. The quantitative estimate of drug-likeness (QED) is 0.386. The Bertz CT molecular complexity index is 1430. The van der Waals surface area contributed by atoms with Crippen LogP contribution < -0.4 is 0 Å². The van der Waals surface area contributed by atoms with Crippen molar-refractivity contribution in [2.24, 2.45) is 11.3 Å². The van der Waals surface area contributed by atoms with Crippen LogP contribution >= 0.6 is 0 Å². The minimum atomic E-state index is -1.08. The van der Waals surface area contributed by atoms with Crippen molar-refractivity contribution >= 4 is 10.8 Å². The summed E-state index contributed by atoms with van der Waals surface area (Å²) >= 11 is 0. The van der Waals surface area contributed by atoms with Crippen LogP contribution in [0.5, 0.6) is 0 Å².